The lowest BCUT2D eigenvalue weighted by Gasteiger charge is -2.20. The third-order valence-electron chi connectivity index (χ3n) is 4.59. The van der Waals surface area contributed by atoms with E-state index in [1.54, 1.807) is 0 Å². The van der Waals surface area contributed by atoms with Crippen LogP contribution in [0.3, 0.4) is 0 Å². The van der Waals surface area contributed by atoms with Gasteiger partial charge in [0, 0.05) is 12.0 Å². The van der Waals surface area contributed by atoms with Gasteiger partial charge < -0.3 is 5.32 Å². The first kappa shape index (κ1) is 19.2. The van der Waals surface area contributed by atoms with Crippen molar-refractivity contribution < 1.29 is 0 Å². The van der Waals surface area contributed by atoms with Crippen molar-refractivity contribution in [1.29, 1.82) is 0 Å². The number of halogens is 1. The molecule has 0 fully saturated rings. The predicted molar refractivity (Wildman–Crippen MR) is 109 cm³/mol. The first-order valence-electron chi connectivity index (χ1n) is 8.73. The molecular weight excluding hydrogens is 326 g/mol. The molecule has 1 unspecified atom stereocenters. The van der Waals surface area contributed by atoms with Crippen molar-refractivity contribution in [3.8, 4) is 0 Å². The van der Waals surface area contributed by atoms with E-state index in [1.165, 1.54) is 16.7 Å². The molecule has 0 bridgehead atoms. The number of nitrogens with one attached hydrogen (secondary N) is 1. The third kappa shape index (κ3) is 5.45. The van der Waals surface area contributed by atoms with E-state index in [2.05, 4.69) is 103 Å². The van der Waals surface area contributed by atoms with Gasteiger partial charge in [0.2, 0.25) is 0 Å². The Morgan fingerprint density at radius 2 is 1.04 bits per heavy atom. The van der Waals surface area contributed by atoms with Crippen molar-refractivity contribution in [3.05, 3.63) is 108 Å². The van der Waals surface area contributed by atoms with E-state index in [-0.39, 0.29) is 12.4 Å². The maximum atomic E-state index is 3.67. The Balaban J connectivity index is 0.00000225. The van der Waals surface area contributed by atoms with Crippen LogP contribution in [-0.4, -0.2) is 6.54 Å². The first-order chi connectivity index (χ1) is 11.8. The fourth-order valence-corrected chi connectivity index (χ4v) is 3.20. The second kappa shape index (κ2) is 10.0. The highest BCUT2D eigenvalue weighted by atomic mass is 35.5. The molecule has 0 heterocycles. The first-order valence-corrected chi connectivity index (χ1v) is 8.73. The lowest BCUT2D eigenvalue weighted by molar-refractivity contribution is 0.540. The fourth-order valence-electron chi connectivity index (χ4n) is 3.20. The van der Waals surface area contributed by atoms with E-state index >= 15 is 0 Å². The largest absolute Gasteiger partial charge is 0.310 e. The summed E-state index contributed by atoms with van der Waals surface area (Å²) in [5, 5.41) is 3.67. The van der Waals surface area contributed by atoms with E-state index in [1.807, 2.05) is 0 Å². The van der Waals surface area contributed by atoms with Crippen LogP contribution >= 0.6 is 12.4 Å². The summed E-state index contributed by atoms with van der Waals surface area (Å²) >= 11 is 0. The lowest BCUT2D eigenvalue weighted by atomic mass is 9.88. The normalized spacial score (nSPS) is 11.8. The maximum absolute atomic E-state index is 3.67. The Hall–Kier alpha value is -2.09. The quantitative estimate of drug-likeness (QED) is 0.552. The molecule has 0 aromatic heterocycles. The topological polar surface area (TPSA) is 12.0 Å². The summed E-state index contributed by atoms with van der Waals surface area (Å²) in [6.07, 6.45) is 1.09. The van der Waals surface area contributed by atoms with E-state index in [4.69, 9.17) is 0 Å². The van der Waals surface area contributed by atoms with Crippen LogP contribution < -0.4 is 5.32 Å². The van der Waals surface area contributed by atoms with Gasteiger partial charge in [-0.2, -0.15) is 0 Å². The molecule has 0 aliphatic heterocycles. The van der Waals surface area contributed by atoms with Crippen molar-refractivity contribution in [3.63, 3.8) is 0 Å². The molecular formula is C23H26ClN. The van der Waals surface area contributed by atoms with Crippen molar-refractivity contribution in [1.82, 2.24) is 5.32 Å². The van der Waals surface area contributed by atoms with Crippen molar-refractivity contribution in [2.24, 2.45) is 0 Å². The molecule has 3 aromatic rings. The van der Waals surface area contributed by atoms with Crippen LogP contribution in [0.5, 0.6) is 0 Å². The highest BCUT2D eigenvalue weighted by Crippen LogP contribution is 2.27. The summed E-state index contributed by atoms with van der Waals surface area (Å²) in [4.78, 5) is 0. The molecule has 0 aliphatic carbocycles. The molecule has 1 atom stereocenters. The summed E-state index contributed by atoms with van der Waals surface area (Å²) in [5.41, 5.74) is 4.12. The molecule has 1 nitrogen and oxygen atoms in total. The lowest BCUT2D eigenvalue weighted by Crippen LogP contribution is -2.21. The van der Waals surface area contributed by atoms with Crippen LogP contribution in [0, 0.1) is 0 Å². The molecule has 0 aliphatic rings. The number of hydrogen-bond acceptors (Lipinski definition) is 1. The van der Waals surface area contributed by atoms with Gasteiger partial charge in [-0.3, -0.25) is 0 Å². The minimum atomic E-state index is 0. The molecule has 130 valence electrons. The molecule has 2 heteroatoms. The molecule has 1 N–H and O–H groups in total. The highest BCUT2D eigenvalue weighted by Gasteiger charge is 2.14. The van der Waals surface area contributed by atoms with Gasteiger partial charge in [-0.25, -0.2) is 0 Å². The summed E-state index contributed by atoms with van der Waals surface area (Å²) < 4.78 is 0. The average molecular weight is 352 g/mol. The third-order valence-corrected chi connectivity index (χ3v) is 4.59. The molecule has 0 radical (unpaired) electrons. The molecule has 0 saturated carbocycles. The maximum Gasteiger partial charge on any atom is 0.0291 e. The van der Waals surface area contributed by atoms with Gasteiger partial charge in [0.15, 0.2) is 0 Å². The average Bonchev–Trinajstić information content (AvgIpc) is 2.67. The van der Waals surface area contributed by atoms with Gasteiger partial charge >= 0.3 is 0 Å². The van der Waals surface area contributed by atoms with Crippen LogP contribution in [0.15, 0.2) is 91.0 Å². The van der Waals surface area contributed by atoms with Crippen LogP contribution in [0.2, 0.25) is 0 Å². The Morgan fingerprint density at radius 1 is 0.640 bits per heavy atom. The molecule has 0 spiro atoms. The Bertz CT molecular complexity index is 673. The number of rotatable bonds is 7. The van der Waals surface area contributed by atoms with Gasteiger partial charge in [0.1, 0.15) is 0 Å². The van der Waals surface area contributed by atoms with E-state index < -0.39 is 0 Å². The van der Waals surface area contributed by atoms with Crippen molar-refractivity contribution in [2.75, 3.05) is 6.54 Å². The summed E-state index contributed by atoms with van der Waals surface area (Å²) in [6, 6.07) is 32.6. The van der Waals surface area contributed by atoms with Crippen LogP contribution in [0.1, 0.15) is 42.0 Å². The smallest absolute Gasteiger partial charge is 0.0291 e. The van der Waals surface area contributed by atoms with Gasteiger partial charge in [-0.15, -0.1) is 12.4 Å². The monoisotopic (exact) mass is 351 g/mol. The van der Waals surface area contributed by atoms with Gasteiger partial charge in [0.05, 0.1) is 0 Å². The summed E-state index contributed by atoms with van der Waals surface area (Å²) in [7, 11) is 0. The van der Waals surface area contributed by atoms with Crippen LogP contribution in [-0.2, 0) is 0 Å². The van der Waals surface area contributed by atoms with Crippen molar-refractivity contribution in [2.45, 2.75) is 25.3 Å². The minimum Gasteiger partial charge on any atom is -0.310 e. The zero-order chi connectivity index (χ0) is 16.6. The number of hydrogen-bond donors (Lipinski definition) is 1. The van der Waals surface area contributed by atoms with Gasteiger partial charge in [0.25, 0.3) is 0 Å². The molecule has 3 aromatic carbocycles. The SMILES string of the molecule is CC(NCCC(c1ccccc1)c1ccccc1)c1ccccc1.Cl. The second-order valence-corrected chi connectivity index (χ2v) is 6.25. The molecule has 0 amide bonds. The van der Waals surface area contributed by atoms with Crippen LogP contribution in [0.25, 0.3) is 0 Å². The van der Waals surface area contributed by atoms with E-state index in [0.717, 1.165) is 13.0 Å². The Kier molecular flexibility index (Phi) is 7.72. The zero-order valence-corrected chi connectivity index (χ0v) is 15.5. The Morgan fingerprint density at radius 3 is 1.48 bits per heavy atom. The minimum absolute atomic E-state index is 0. The van der Waals surface area contributed by atoms with Crippen LogP contribution in [0.4, 0.5) is 0 Å². The second-order valence-electron chi connectivity index (χ2n) is 6.25. The summed E-state index contributed by atoms with van der Waals surface area (Å²) in [6.45, 7) is 3.22. The molecule has 0 saturated heterocycles. The van der Waals surface area contributed by atoms with E-state index in [9.17, 15) is 0 Å². The highest BCUT2D eigenvalue weighted by molar-refractivity contribution is 5.85. The van der Waals surface area contributed by atoms with Gasteiger partial charge in [-0.1, -0.05) is 91.0 Å². The fraction of sp³-hybridized carbons (Fsp3) is 0.217. The van der Waals surface area contributed by atoms with Crippen molar-refractivity contribution >= 4 is 12.4 Å². The number of benzene rings is 3. The summed E-state index contributed by atoms with van der Waals surface area (Å²) in [5.74, 6) is 0.433. The zero-order valence-electron chi connectivity index (χ0n) is 14.6. The Labute approximate surface area is 157 Å². The van der Waals surface area contributed by atoms with Gasteiger partial charge in [-0.05, 0) is 36.6 Å². The molecule has 25 heavy (non-hydrogen) atoms. The predicted octanol–water partition coefficient (Wildman–Crippen LogP) is 5.98. The van der Waals surface area contributed by atoms with E-state index in [0.29, 0.717) is 12.0 Å². The standard InChI is InChI=1S/C23H25N.ClH/c1-19(20-11-5-2-6-12-20)24-18-17-23(21-13-7-3-8-14-21)22-15-9-4-10-16-22;/h2-16,19,23-24H,17-18H2,1H3;1H. The molecule has 3 rings (SSSR count).